The van der Waals surface area contributed by atoms with Gasteiger partial charge in [-0.15, -0.1) is 0 Å². The summed E-state index contributed by atoms with van der Waals surface area (Å²) >= 11 is 0. The molecule has 99 valence electrons. The van der Waals surface area contributed by atoms with Crippen LogP contribution in [0.1, 0.15) is 30.9 Å². The molecule has 0 saturated carbocycles. The Balaban J connectivity index is 2.13. The van der Waals surface area contributed by atoms with Gasteiger partial charge in [0, 0.05) is 18.8 Å². The molecule has 0 aliphatic rings. The normalized spacial score (nSPS) is 10.4. The molecule has 0 aromatic heterocycles. The standard InChI is InChI=1S/C18H22N/c1-3-4-14-19(15-17-8-6-5-7-9-17)18-12-10-16(2)11-13-18/h5-13H,2-4,14-15H2,1H3. The van der Waals surface area contributed by atoms with E-state index in [1.165, 1.54) is 24.1 Å². The predicted octanol–water partition coefficient (Wildman–Crippen LogP) is 4.68. The van der Waals surface area contributed by atoms with Crippen molar-refractivity contribution < 1.29 is 0 Å². The fourth-order valence-electron chi connectivity index (χ4n) is 2.16. The highest BCUT2D eigenvalue weighted by molar-refractivity contribution is 5.48. The highest BCUT2D eigenvalue weighted by atomic mass is 15.1. The molecule has 2 aromatic rings. The van der Waals surface area contributed by atoms with Crippen LogP contribution in [0.2, 0.25) is 0 Å². The zero-order valence-corrected chi connectivity index (χ0v) is 11.7. The maximum atomic E-state index is 3.95. The Bertz CT molecular complexity index is 473. The molecular formula is C18H22N. The molecule has 1 radical (unpaired) electrons. The fourth-order valence-corrected chi connectivity index (χ4v) is 2.16. The van der Waals surface area contributed by atoms with E-state index in [2.05, 4.69) is 73.3 Å². The molecule has 0 aliphatic carbocycles. The van der Waals surface area contributed by atoms with Gasteiger partial charge in [-0.3, -0.25) is 0 Å². The van der Waals surface area contributed by atoms with Gasteiger partial charge in [0.1, 0.15) is 0 Å². The van der Waals surface area contributed by atoms with Crippen LogP contribution in [0.25, 0.3) is 0 Å². The molecule has 19 heavy (non-hydrogen) atoms. The molecule has 1 nitrogen and oxygen atoms in total. The van der Waals surface area contributed by atoms with E-state index >= 15 is 0 Å². The van der Waals surface area contributed by atoms with Gasteiger partial charge < -0.3 is 4.90 Å². The Labute approximate surface area is 116 Å². The summed E-state index contributed by atoms with van der Waals surface area (Å²) < 4.78 is 0. The molecule has 1 heteroatoms. The van der Waals surface area contributed by atoms with Crippen LogP contribution in [0.4, 0.5) is 5.69 Å². The van der Waals surface area contributed by atoms with Gasteiger partial charge in [0.25, 0.3) is 0 Å². The van der Waals surface area contributed by atoms with Crippen molar-refractivity contribution in [2.75, 3.05) is 11.4 Å². The summed E-state index contributed by atoms with van der Waals surface area (Å²) in [6.07, 6.45) is 2.44. The number of hydrogen-bond acceptors (Lipinski definition) is 1. The number of nitrogens with zero attached hydrogens (tertiary/aromatic N) is 1. The van der Waals surface area contributed by atoms with Gasteiger partial charge in [0.15, 0.2) is 0 Å². The van der Waals surface area contributed by atoms with Crippen LogP contribution in [0, 0.1) is 6.92 Å². The van der Waals surface area contributed by atoms with Crippen molar-refractivity contribution in [3.05, 3.63) is 72.6 Å². The minimum absolute atomic E-state index is 0.970. The smallest absolute Gasteiger partial charge is 0.0429 e. The molecule has 2 aromatic carbocycles. The molecule has 0 bridgehead atoms. The monoisotopic (exact) mass is 252 g/mol. The molecule has 0 N–H and O–H groups in total. The third kappa shape index (κ3) is 4.13. The van der Waals surface area contributed by atoms with Gasteiger partial charge in [-0.1, -0.05) is 55.8 Å². The lowest BCUT2D eigenvalue weighted by molar-refractivity contribution is 0.716. The van der Waals surface area contributed by atoms with E-state index in [4.69, 9.17) is 0 Å². The summed E-state index contributed by atoms with van der Waals surface area (Å²) in [5.41, 5.74) is 3.71. The van der Waals surface area contributed by atoms with Gasteiger partial charge in [-0.05, 0) is 36.6 Å². The van der Waals surface area contributed by atoms with Crippen molar-refractivity contribution in [2.45, 2.75) is 26.3 Å². The van der Waals surface area contributed by atoms with Crippen LogP contribution in [-0.2, 0) is 6.54 Å². The molecule has 0 aliphatic heterocycles. The lowest BCUT2D eigenvalue weighted by Crippen LogP contribution is -2.23. The van der Waals surface area contributed by atoms with Crippen LogP contribution < -0.4 is 4.90 Å². The maximum absolute atomic E-state index is 3.95. The molecule has 0 atom stereocenters. The summed E-state index contributed by atoms with van der Waals surface area (Å²) in [5.74, 6) is 0. The van der Waals surface area contributed by atoms with Gasteiger partial charge in [-0.25, -0.2) is 0 Å². The Kier molecular flexibility index (Phi) is 5.02. The first kappa shape index (κ1) is 13.7. The van der Waals surface area contributed by atoms with Crippen molar-refractivity contribution in [3.63, 3.8) is 0 Å². The van der Waals surface area contributed by atoms with Crippen LogP contribution >= 0.6 is 0 Å². The van der Waals surface area contributed by atoms with Crippen molar-refractivity contribution in [1.82, 2.24) is 0 Å². The molecule has 0 fully saturated rings. The van der Waals surface area contributed by atoms with E-state index in [1.807, 2.05) is 0 Å². The Morgan fingerprint density at radius 3 is 2.26 bits per heavy atom. The second kappa shape index (κ2) is 6.98. The summed E-state index contributed by atoms with van der Waals surface area (Å²) in [6.45, 7) is 8.25. The van der Waals surface area contributed by atoms with E-state index in [-0.39, 0.29) is 0 Å². The average molecular weight is 252 g/mol. The minimum atomic E-state index is 0.970. The summed E-state index contributed by atoms with van der Waals surface area (Å²) in [5, 5.41) is 0. The first-order chi connectivity index (χ1) is 9.29. The Morgan fingerprint density at radius 2 is 1.63 bits per heavy atom. The number of unbranched alkanes of at least 4 members (excludes halogenated alkanes) is 1. The number of benzene rings is 2. The molecule has 0 amide bonds. The van der Waals surface area contributed by atoms with Crippen LogP contribution in [0.3, 0.4) is 0 Å². The number of anilines is 1. The SMILES string of the molecule is [CH2]c1ccc(N(CCCC)Cc2ccccc2)cc1. The topological polar surface area (TPSA) is 3.24 Å². The average Bonchev–Trinajstić information content (AvgIpc) is 2.45. The predicted molar refractivity (Wildman–Crippen MR) is 83.3 cm³/mol. The molecule has 0 heterocycles. The zero-order valence-electron chi connectivity index (χ0n) is 11.7. The van der Waals surface area contributed by atoms with E-state index in [9.17, 15) is 0 Å². The largest absolute Gasteiger partial charge is 0.367 e. The number of hydrogen-bond donors (Lipinski definition) is 0. The highest BCUT2D eigenvalue weighted by Crippen LogP contribution is 2.18. The van der Waals surface area contributed by atoms with Crippen LogP contribution in [0.15, 0.2) is 54.6 Å². The zero-order chi connectivity index (χ0) is 13.5. The first-order valence-electron chi connectivity index (χ1n) is 7.00. The summed E-state index contributed by atoms with van der Waals surface area (Å²) in [4.78, 5) is 2.44. The number of rotatable bonds is 6. The lowest BCUT2D eigenvalue weighted by Gasteiger charge is -2.25. The molecule has 0 spiro atoms. The van der Waals surface area contributed by atoms with Crippen molar-refractivity contribution >= 4 is 5.69 Å². The fraction of sp³-hybridized carbons (Fsp3) is 0.278. The quantitative estimate of drug-likeness (QED) is 0.721. The summed E-state index contributed by atoms with van der Waals surface area (Å²) in [7, 11) is 0. The second-order valence-electron chi connectivity index (χ2n) is 4.93. The highest BCUT2D eigenvalue weighted by Gasteiger charge is 2.06. The van der Waals surface area contributed by atoms with E-state index in [0.717, 1.165) is 18.7 Å². The van der Waals surface area contributed by atoms with Gasteiger partial charge >= 0.3 is 0 Å². The molecule has 0 saturated heterocycles. The van der Waals surface area contributed by atoms with E-state index in [1.54, 1.807) is 0 Å². The molecule has 0 unspecified atom stereocenters. The summed E-state index contributed by atoms with van der Waals surface area (Å²) in [6, 6.07) is 19.2. The third-order valence-corrected chi connectivity index (χ3v) is 3.30. The Hall–Kier alpha value is -1.76. The van der Waals surface area contributed by atoms with E-state index in [0.29, 0.717) is 0 Å². The lowest BCUT2D eigenvalue weighted by atomic mass is 10.1. The second-order valence-corrected chi connectivity index (χ2v) is 4.93. The van der Waals surface area contributed by atoms with E-state index < -0.39 is 0 Å². The van der Waals surface area contributed by atoms with Crippen molar-refractivity contribution in [2.24, 2.45) is 0 Å². The van der Waals surface area contributed by atoms with Crippen LogP contribution in [-0.4, -0.2) is 6.54 Å². The van der Waals surface area contributed by atoms with Crippen molar-refractivity contribution in [1.29, 1.82) is 0 Å². The minimum Gasteiger partial charge on any atom is -0.367 e. The third-order valence-electron chi connectivity index (χ3n) is 3.30. The first-order valence-corrected chi connectivity index (χ1v) is 7.00. The Morgan fingerprint density at radius 1 is 0.947 bits per heavy atom. The van der Waals surface area contributed by atoms with Crippen LogP contribution in [0.5, 0.6) is 0 Å². The molecular weight excluding hydrogens is 230 g/mol. The van der Waals surface area contributed by atoms with Gasteiger partial charge in [0.05, 0.1) is 0 Å². The van der Waals surface area contributed by atoms with Gasteiger partial charge in [-0.2, -0.15) is 0 Å². The maximum Gasteiger partial charge on any atom is 0.0429 e. The van der Waals surface area contributed by atoms with Gasteiger partial charge in [0.2, 0.25) is 0 Å². The van der Waals surface area contributed by atoms with Crippen molar-refractivity contribution in [3.8, 4) is 0 Å². The molecule has 2 rings (SSSR count).